The van der Waals surface area contributed by atoms with Crippen molar-refractivity contribution >= 4 is 11.9 Å². The van der Waals surface area contributed by atoms with Gasteiger partial charge in [-0.15, -0.1) is 0 Å². The molecular weight excluding hydrogens is 246 g/mol. The molecule has 1 aromatic rings. The number of nitrogens with one attached hydrogen (secondary N) is 1. The van der Waals surface area contributed by atoms with Crippen molar-refractivity contribution in [2.45, 2.75) is 51.2 Å². The van der Waals surface area contributed by atoms with Crippen LogP contribution in [0, 0.1) is 0 Å². The number of rotatable bonds is 4. The van der Waals surface area contributed by atoms with E-state index < -0.39 is 12.1 Å². The molecule has 0 radical (unpaired) electrons. The molecule has 1 amide bonds. The van der Waals surface area contributed by atoms with Crippen LogP contribution in [0.25, 0.3) is 0 Å². The summed E-state index contributed by atoms with van der Waals surface area (Å²) in [5.74, 6) is -0.750. The Kier molecular flexibility index (Phi) is 4.60. The lowest BCUT2D eigenvalue weighted by molar-refractivity contribution is -0.130. The molecule has 1 aliphatic carbocycles. The van der Waals surface area contributed by atoms with Crippen LogP contribution < -0.4 is 5.32 Å². The van der Waals surface area contributed by atoms with Gasteiger partial charge in [-0.05, 0) is 31.9 Å². The minimum atomic E-state index is -0.806. The molecule has 0 bridgehead atoms. The van der Waals surface area contributed by atoms with Gasteiger partial charge in [-0.3, -0.25) is 4.79 Å². The van der Waals surface area contributed by atoms with E-state index in [0.29, 0.717) is 0 Å². The Hall–Kier alpha value is -1.78. The highest BCUT2D eigenvalue weighted by atomic mass is 16.6. The van der Waals surface area contributed by atoms with Gasteiger partial charge in [0.1, 0.15) is 0 Å². The molecular formula is C14H19NO4. The van der Waals surface area contributed by atoms with Gasteiger partial charge < -0.3 is 14.5 Å². The van der Waals surface area contributed by atoms with E-state index in [4.69, 9.17) is 9.15 Å². The monoisotopic (exact) mass is 265 g/mol. The number of carbonyl (C=O) groups excluding carboxylic acids is 2. The van der Waals surface area contributed by atoms with Crippen LogP contribution in [0.5, 0.6) is 0 Å². The third-order valence-electron chi connectivity index (χ3n) is 3.33. The molecule has 0 aliphatic heterocycles. The van der Waals surface area contributed by atoms with Gasteiger partial charge in [-0.25, -0.2) is 4.79 Å². The Morgan fingerprint density at radius 1 is 1.37 bits per heavy atom. The Morgan fingerprint density at radius 2 is 2.11 bits per heavy atom. The maximum atomic E-state index is 11.9. The van der Waals surface area contributed by atoms with Crippen LogP contribution in [0.15, 0.2) is 22.8 Å². The molecule has 104 valence electrons. The molecule has 0 aromatic carbocycles. The second kappa shape index (κ2) is 6.41. The van der Waals surface area contributed by atoms with Gasteiger partial charge >= 0.3 is 5.97 Å². The fourth-order valence-corrected chi connectivity index (χ4v) is 2.23. The Labute approximate surface area is 112 Å². The predicted molar refractivity (Wildman–Crippen MR) is 68.6 cm³/mol. The van der Waals surface area contributed by atoms with Crippen LogP contribution in [0.3, 0.4) is 0 Å². The van der Waals surface area contributed by atoms with Gasteiger partial charge in [-0.1, -0.05) is 19.3 Å². The van der Waals surface area contributed by atoms with Crippen LogP contribution in [0.2, 0.25) is 0 Å². The first-order chi connectivity index (χ1) is 9.16. The average Bonchev–Trinajstić information content (AvgIpc) is 2.93. The van der Waals surface area contributed by atoms with Gasteiger partial charge in [0.25, 0.3) is 5.91 Å². The van der Waals surface area contributed by atoms with Crippen LogP contribution in [-0.4, -0.2) is 24.0 Å². The van der Waals surface area contributed by atoms with E-state index >= 15 is 0 Å². The van der Waals surface area contributed by atoms with E-state index in [1.54, 1.807) is 13.0 Å². The van der Waals surface area contributed by atoms with E-state index in [1.807, 2.05) is 0 Å². The zero-order valence-electron chi connectivity index (χ0n) is 11.1. The summed E-state index contributed by atoms with van der Waals surface area (Å²) in [7, 11) is 0. The maximum Gasteiger partial charge on any atom is 0.374 e. The number of amides is 1. The summed E-state index contributed by atoms with van der Waals surface area (Å²) in [5.41, 5.74) is 0. The third kappa shape index (κ3) is 3.84. The molecule has 1 N–H and O–H groups in total. The van der Waals surface area contributed by atoms with Crippen LogP contribution >= 0.6 is 0 Å². The molecule has 1 saturated carbocycles. The third-order valence-corrected chi connectivity index (χ3v) is 3.33. The fraction of sp³-hybridized carbons (Fsp3) is 0.571. The SMILES string of the molecule is C[C@H](OC(=O)c1ccco1)C(=O)NC1CCCCC1. The lowest BCUT2D eigenvalue weighted by Crippen LogP contribution is -2.42. The molecule has 5 heteroatoms. The molecule has 19 heavy (non-hydrogen) atoms. The van der Waals surface area contributed by atoms with E-state index in [1.165, 1.54) is 18.8 Å². The van der Waals surface area contributed by atoms with Crippen molar-refractivity contribution in [2.75, 3.05) is 0 Å². The quantitative estimate of drug-likeness (QED) is 0.848. The van der Waals surface area contributed by atoms with Crippen molar-refractivity contribution in [1.82, 2.24) is 5.32 Å². The average molecular weight is 265 g/mol. The second-order valence-electron chi connectivity index (χ2n) is 4.87. The largest absolute Gasteiger partial charge is 0.457 e. The van der Waals surface area contributed by atoms with Crippen molar-refractivity contribution < 1.29 is 18.7 Å². The van der Waals surface area contributed by atoms with Gasteiger partial charge in [-0.2, -0.15) is 0 Å². The van der Waals surface area contributed by atoms with Gasteiger partial charge in [0.2, 0.25) is 5.76 Å². The topological polar surface area (TPSA) is 68.5 Å². The highest BCUT2D eigenvalue weighted by Gasteiger charge is 2.23. The minimum Gasteiger partial charge on any atom is -0.457 e. The van der Waals surface area contributed by atoms with Crippen LogP contribution in [0.1, 0.15) is 49.6 Å². The lowest BCUT2D eigenvalue weighted by atomic mass is 9.95. The summed E-state index contributed by atoms with van der Waals surface area (Å²) in [6.45, 7) is 1.57. The molecule has 0 spiro atoms. The lowest BCUT2D eigenvalue weighted by Gasteiger charge is -2.24. The Morgan fingerprint density at radius 3 is 2.74 bits per heavy atom. The predicted octanol–water partition coefficient (Wildman–Crippen LogP) is 2.27. The number of esters is 1. The Bertz CT molecular complexity index is 421. The normalized spacial score (nSPS) is 17.7. The first kappa shape index (κ1) is 13.6. The highest BCUT2D eigenvalue weighted by molar-refractivity contribution is 5.90. The fourth-order valence-electron chi connectivity index (χ4n) is 2.23. The van der Waals surface area contributed by atoms with Crippen molar-refractivity contribution in [3.63, 3.8) is 0 Å². The molecule has 1 aromatic heterocycles. The molecule has 5 nitrogen and oxygen atoms in total. The molecule has 1 atom stereocenters. The maximum absolute atomic E-state index is 11.9. The zero-order valence-corrected chi connectivity index (χ0v) is 11.1. The number of carbonyl (C=O) groups is 2. The molecule has 1 aliphatic rings. The molecule has 1 fully saturated rings. The number of hydrogen-bond acceptors (Lipinski definition) is 4. The van der Waals surface area contributed by atoms with Crippen molar-refractivity contribution in [3.8, 4) is 0 Å². The molecule has 0 saturated heterocycles. The molecule has 1 heterocycles. The smallest absolute Gasteiger partial charge is 0.374 e. The van der Waals surface area contributed by atoms with Gasteiger partial charge in [0.05, 0.1) is 6.26 Å². The van der Waals surface area contributed by atoms with Crippen LogP contribution in [-0.2, 0) is 9.53 Å². The zero-order chi connectivity index (χ0) is 13.7. The van der Waals surface area contributed by atoms with Crippen molar-refractivity contribution in [1.29, 1.82) is 0 Å². The summed E-state index contributed by atoms with van der Waals surface area (Å²) < 4.78 is 9.97. The van der Waals surface area contributed by atoms with E-state index in [-0.39, 0.29) is 17.7 Å². The van der Waals surface area contributed by atoms with Gasteiger partial charge in [0.15, 0.2) is 6.10 Å². The van der Waals surface area contributed by atoms with Crippen molar-refractivity contribution in [3.05, 3.63) is 24.2 Å². The Balaban J connectivity index is 1.80. The summed E-state index contributed by atoms with van der Waals surface area (Å²) in [4.78, 5) is 23.5. The summed E-state index contributed by atoms with van der Waals surface area (Å²) >= 11 is 0. The van der Waals surface area contributed by atoms with E-state index in [0.717, 1.165) is 25.7 Å². The highest BCUT2D eigenvalue weighted by Crippen LogP contribution is 2.17. The number of hydrogen-bond donors (Lipinski definition) is 1. The van der Waals surface area contributed by atoms with E-state index in [2.05, 4.69) is 5.32 Å². The van der Waals surface area contributed by atoms with E-state index in [9.17, 15) is 9.59 Å². The first-order valence-electron chi connectivity index (χ1n) is 6.71. The summed E-state index contributed by atoms with van der Waals surface area (Å²) in [5, 5.41) is 2.92. The first-order valence-corrected chi connectivity index (χ1v) is 6.71. The number of ether oxygens (including phenoxy) is 1. The molecule has 2 rings (SSSR count). The second-order valence-corrected chi connectivity index (χ2v) is 4.87. The van der Waals surface area contributed by atoms with Gasteiger partial charge in [0, 0.05) is 6.04 Å². The standard InChI is InChI=1S/C14H19NO4/c1-10(19-14(17)12-8-5-9-18-12)13(16)15-11-6-3-2-4-7-11/h5,8-11H,2-4,6-7H2,1H3,(H,15,16)/t10-/m0/s1. The summed E-state index contributed by atoms with van der Waals surface area (Å²) in [6.07, 6.45) is 6.12. The number of furan rings is 1. The van der Waals surface area contributed by atoms with Crippen LogP contribution in [0.4, 0.5) is 0 Å². The minimum absolute atomic E-state index is 0.109. The van der Waals surface area contributed by atoms with Crippen molar-refractivity contribution in [2.24, 2.45) is 0 Å². The summed E-state index contributed by atoms with van der Waals surface area (Å²) in [6, 6.07) is 3.32. The molecule has 0 unspecified atom stereocenters.